The molecule has 11 nitrogen and oxygen atoms in total. The average molecular weight is 604 g/mol. The Morgan fingerprint density at radius 2 is 2.09 bits per heavy atom. The van der Waals surface area contributed by atoms with E-state index in [4.69, 9.17) is 4.74 Å². The van der Waals surface area contributed by atoms with E-state index in [1.54, 1.807) is 10.8 Å². The molecule has 4 rings (SSSR count). The van der Waals surface area contributed by atoms with Crippen molar-refractivity contribution in [1.29, 1.82) is 5.26 Å². The Kier molecular flexibility index (Phi) is 10.3. The van der Waals surface area contributed by atoms with Crippen LogP contribution in [0.1, 0.15) is 78.7 Å². The molecule has 2 heterocycles. The maximum atomic E-state index is 13.7. The number of ether oxygens (including phenoxy) is 1. The molecule has 230 valence electrons. The molecule has 12 heteroatoms. The smallest absolute Gasteiger partial charge is 0.291 e. The lowest BCUT2D eigenvalue weighted by molar-refractivity contribution is 0.0808. The highest BCUT2D eigenvalue weighted by Gasteiger charge is 2.26. The molecular formula is C31H45N9O2Si. The third-order valence-corrected chi connectivity index (χ3v) is 9.58. The van der Waals surface area contributed by atoms with Gasteiger partial charge >= 0.3 is 0 Å². The molecule has 0 radical (unpaired) electrons. The van der Waals surface area contributed by atoms with Crippen molar-refractivity contribution < 1.29 is 9.53 Å². The van der Waals surface area contributed by atoms with Crippen LogP contribution in [0.5, 0.6) is 0 Å². The molecule has 0 aliphatic heterocycles. The number of aromatic amines is 1. The molecule has 1 amide bonds. The van der Waals surface area contributed by atoms with Gasteiger partial charge in [0.05, 0.1) is 0 Å². The van der Waals surface area contributed by atoms with Crippen LogP contribution in [0, 0.1) is 16.7 Å². The van der Waals surface area contributed by atoms with Gasteiger partial charge in [0.15, 0.2) is 11.5 Å². The summed E-state index contributed by atoms with van der Waals surface area (Å²) in [7, 11) is 2.83. The van der Waals surface area contributed by atoms with Crippen LogP contribution < -0.4 is 5.32 Å². The summed E-state index contributed by atoms with van der Waals surface area (Å²) < 4.78 is 7.50. The first-order chi connectivity index (χ1) is 20.3. The Morgan fingerprint density at radius 3 is 2.72 bits per heavy atom. The van der Waals surface area contributed by atoms with Crippen LogP contribution >= 0.6 is 0 Å². The molecule has 3 aromatic rings. The van der Waals surface area contributed by atoms with Gasteiger partial charge < -0.3 is 19.5 Å². The second-order valence-corrected chi connectivity index (χ2v) is 19.3. The van der Waals surface area contributed by atoms with E-state index in [0.717, 1.165) is 49.4 Å². The van der Waals surface area contributed by atoms with Gasteiger partial charge in [-0.25, -0.2) is 4.98 Å². The lowest BCUT2D eigenvalue weighted by atomic mass is 9.76. The van der Waals surface area contributed by atoms with Crippen molar-refractivity contribution in [3.05, 3.63) is 58.9 Å². The minimum absolute atomic E-state index is 0.0596. The first kappa shape index (κ1) is 32.3. The molecular weight excluding hydrogens is 558 g/mol. The number of nitriles is 1. The molecule has 1 aliphatic carbocycles. The summed E-state index contributed by atoms with van der Waals surface area (Å²) in [5.74, 6) is 0.344. The fourth-order valence-corrected chi connectivity index (χ4v) is 5.85. The highest BCUT2D eigenvalue weighted by molar-refractivity contribution is 6.76. The van der Waals surface area contributed by atoms with E-state index in [1.807, 2.05) is 26.2 Å². The Bertz CT molecular complexity index is 1460. The van der Waals surface area contributed by atoms with Gasteiger partial charge in [0.25, 0.3) is 5.91 Å². The number of anilines is 1. The zero-order chi connectivity index (χ0) is 31.2. The fourth-order valence-electron chi connectivity index (χ4n) is 5.09. The predicted octanol–water partition coefficient (Wildman–Crippen LogP) is 5.51. The Labute approximate surface area is 255 Å². The Hall–Kier alpha value is -3.66. The van der Waals surface area contributed by atoms with Gasteiger partial charge in [-0.1, -0.05) is 50.8 Å². The molecule has 43 heavy (non-hydrogen) atoms. The average Bonchev–Trinajstić information content (AvgIpc) is 3.62. The molecule has 1 atom stereocenters. The standard InChI is InChI=1S/C31H45N9O2Si/c1-31(2)13-10-22(11-14-31)26-18-23(25(12-15-39(3)4)28-35-37-38-36-28)8-9-27(26)34-30(41)29-33-24(19-32)20-40(29)21-42-16-17-43(5,6)7/h8-10,18,20,25H,11-17,21H2,1-7H3,(H,34,41)(H,35,36,37,38). The number of carbonyl (C=O) groups is 1. The number of amides is 1. The normalized spacial score (nSPS) is 15.7. The Morgan fingerprint density at radius 1 is 1.30 bits per heavy atom. The first-order valence-electron chi connectivity index (χ1n) is 14.9. The van der Waals surface area contributed by atoms with Crippen molar-refractivity contribution in [3.63, 3.8) is 0 Å². The second-order valence-electron chi connectivity index (χ2n) is 13.7. The topological polar surface area (TPSA) is 138 Å². The maximum absolute atomic E-state index is 13.7. The number of hydrogen-bond donors (Lipinski definition) is 2. The van der Waals surface area contributed by atoms with E-state index in [2.05, 4.69) is 87.5 Å². The van der Waals surface area contributed by atoms with Crippen molar-refractivity contribution in [2.75, 3.05) is 32.6 Å². The lowest BCUT2D eigenvalue weighted by Crippen LogP contribution is -2.23. The number of nitrogens with zero attached hydrogens (tertiary/aromatic N) is 7. The quantitative estimate of drug-likeness (QED) is 0.193. The molecule has 0 saturated carbocycles. The van der Waals surface area contributed by atoms with Crippen LogP contribution in [0.25, 0.3) is 5.57 Å². The van der Waals surface area contributed by atoms with Crippen LogP contribution in [0.15, 0.2) is 30.5 Å². The highest BCUT2D eigenvalue weighted by Crippen LogP contribution is 2.41. The van der Waals surface area contributed by atoms with Gasteiger partial charge in [0.2, 0.25) is 5.82 Å². The summed E-state index contributed by atoms with van der Waals surface area (Å²) in [4.78, 5) is 20.1. The van der Waals surface area contributed by atoms with E-state index < -0.39 is 8.07 Å². The van der Waals surface area contributed by atoms with Gasteiger partial charge in [-0.2, -0.15) is 10.5 Å². The van der Waals surface area contributed by atoms with Crippen molar-refractivity contribution in [2.45, 2.75) is 77.9 Å². The SMILES string of the molecule is CN(C)CCC(c1ccc(NC(=O)c2nc(C#N)cn2COCC[Si](C)(C)C)c(C2=CCC(C)(C)CC2)c1)c1nn[nH]n1. The maximum Gasteiger partial charge on any atom is 0.291 e. The molecule has 2 N–H and O–H groups in total. The second kappa shape index (κ2) is 13.8. The number of H-pyrrole nitrogens is 1. The highest BCUT2D eigenvalue weighted by atomic mass is 28.3. The van der Waals surface area contributed by atoms with E-state index in [1.165, 1.54) is 5.57 Å². The van der Waals surface area contributed by atoms with Crippen molar-refractivity contribution in [3.8, 4) is 6.07 Å². The number of tetrazole rings is 1. The number of aromatic nitrogens is 6. The van der Waals surface area contributed by atoms with Crippen molar-refractivity contribution >= 4 is 25.2 Å². The van der Waals surface area contributed by atoms with Gasteiger partial charge in [0, 0.05) is 38.0 Å². The number of rotatable bonds is 13. The lowest BCUT2D eigenvalue weighted by Gasteiger charge is -2.30. The molecule has 1 unspecified atom stereocenters. The van der Waals surface area contributed by atoms with Crippen LogP contribution in [0.3, 0.4) is 0 Å². The monoisotopic (exact) mass is 603 g/mol. The summed E-state index contributed by atoms with van der Waals surface area (Å²) in [6.07, 6.45) is 7.59. The summed E-state index contributed by atoms with van der Waals surface area (Å²) in [5.41, 5.74) is 4.35. The molecule has 0 spiro atoms. The largest absolute Gasteiger partial charge is 0.361 e. The van der Waals surface area contributed by atoms with E-state index >= 15 is 0 Å². The number of hydrogen-bond acceptors (Lipinski definition) is 8. The van der Waals surface area contributed by atoms with Crippen LogP contribution in [-0.4, -0.2) is 76.3 Å². The van der Waals surface area contributed by atoms with E-state index in [0.29, 0.717) is 18.1 Å². The molecule has 1 aliphatic rings. The zero-order valence-electron chi connectivity index (χ0n) is 26.6. The summed E-state index contributed by atoms with van der Waals surface area (Å²) >= 11 is 0. The minimum Gasteiger partial charge on any atom is -0.361 e. The number of allylic oxidation sites excluding steroid dienone is 2. The third-order valence-electron chi connectivity index (χ3n) is 7.87. The molecule has 0 bridgehead atoms. The van der Waals surface area contributed by atoms with Crippen molar-refractivity contribution in [2.24, 2.45) is 5.41 Å². The zero-order valence-corrected chi connectivity index (χ0v) is 27.6. The van der Waals surface area contributed by atoms with E-state index in [-0.39, 0.29) is 35.5 Å². The van der Waals surface area contributed by atoms with E-state index in [9.17, 15) is 10.1 Å². The van der Waals surface area contributed by atoms with Gasteiger partial charge in [-0.3, -0.25) is 4.79 Å². The van der Waals surface area contributed by atoms with Gasteiger partial charge in [-0.15, -0.1) is 10.2 Å². The van der Waals surface area contributed by atoms with Crippen molar-refractivity contribution in [1.82, 2.24) is 35.1 Å². The number of carbonyl (C=O) groups excluding carboxylic acids is 1. The fraction of sp³-hybridized carbons (Fsp3) is 0.548. The van der Waals surface area contributed by atoms with Crippen LogP contribution in [-0.2, 0) is 11.5 Å². The Balaban J connectivity index is 1.65. The first-order valence-corrected chi connectivity index (χ1v) is 18.6. The van der Waals surface area contributed by atoms with Gasteiger partial charge in [-0.05, 0) is 81.1 Å². The van der Waals surface area contributed by atoms with Crippen LogP contribution in [0.4, 0.5) is 5.69 Å². The molecule has 2 aromatic heterocycles. The number of imidazole rings is 1. The molecule has 1 aromatic carbocycles. The summed E-state index contributed by atoms with van der Waals surface area (Å²) in [6, 6.07) is 9.19. The number of nitrogens with one attached hydrogen (secondary N) is 2. The van der Waals surface area contributed by atoms with Gasteiger partial charge in [0.1, 0.15) is 12.8 Å². The third kappa shape index (κ3) is 8.92. The summed E-state index contributed by atoms with van der Waals surface area (Å²) in [5, 5.41) is 27.6. The molecule has 0 saturated heterocycles. The minimum atomic E-state index is -1.26. The van der Waals surface area contributed by atoms with Crippen LogP contribution in [0.2, 0.25) is 25.7 Å². The predicted molar refractivity (Wildman–Crippen MR) is 170 cm³/mol. The number of benzene rings is 1. The summed E-state index contributed by atoms with van der Waals surface area (Å²) in [6.45, 7) is 13.0. The molecule has 0 fully saturated rings.